The van der Waals surface area contributed by atoms with Gasteiger partial charge in [0.2, 0.25) is 5.95 Å². The van der Waals surface area contributed by atoms with Crippen LogP contribution in [0.15, 0.2) is 328 Å². The highest BCUT2D eigenvalue weighted by Crippen LogP contribution is 2.45. The lowest BCUT2D eigenvalue weighted by Gasteiger charge is -2.26. The van der Waals surface area contributed by atoms with Crippen molar-refractivity contribution in [1.29, 1.82) is 0 Å². The molecule has 0 amide bonds. The molecule has 4 aromatic heterocycles. The number of rotatable bonds is 12. The fourth-order valence-corrected chi connectivity index (χ4v) is 13.3. The van der Waals surface area contributed by atoms with Gasteiger partial charge < -0.3 is 18.9 Å². The Morgan fingerprint density at radius 2 is 0.534 bits per heavy atom. The molecule has 0 radical (unpaired) electrons. The van der Waals surface area contributed by atoms with Gasteiger partial charge in [-0.25, -0.2) is 4.98 Å². The van der Waals surface area contributed by atoms with Gasteiger partial charge in [0, 0.05) is 94.6 Å². The van der Waals surface area contributed by atoms with Gasteiger partial charge >= 0.3 is 0 Å². The molecule has 0 aliphatic heterocycles. The third kappa shape index (κ3) is 8.37. The highest BCUT2D eigenvalue weighted by molar-refractivity contribution is 6.14. The average molecular weight is 1130 g/mol. The summed E-state index contributed by atoms with van der Waals surface area (Å²) in [6.07, 6.45) is 0. The SMILES string of the molecule is c1ccc(N(c2ccccc2)c2ccc3c(c2)c2ccccc2n3-c2ccc3nc(N(c4ccccc4)c4ccc5c(c4)c4ccccc4n5-c4ccccc4)nc(-n4c5ccccc5c5cc(N(c6ccccc6)c6ccccc6)ccc54)c3c2)cc1. The first-order valence-electron chi connectivity index (χ1n) is 29.8. The molecule has 8 heteroatoms. The quantitative estimate of drug-likeness (QED) is 0.122. The lowest BCUT2D eigenvalue weighted by atomic mass is 10.1. The first kappa shape index (κ1) is 50.5. The van der Waals surface area contributed by atoms with Crippen molar-refractivity contribution in [2.24, 2.45) is 0 Å². The zero-order valence-corrected chi connectivity index (χ0v) is 47.8. The maximum Gasteiger partial charge on any atom is 0.237 e. The molecular weight excluding hydrogens is 1070 g/mol. The second kappa shape index (κ2) is 21.0. The van der Waals surface area contributed by atoms with Crippen molar-refractivity contribution in [1.82, 2.24) is 23.7 Å². The Morgan fingerprint density at radius 3 is 0.966 bits per heavy atom. The minimum absolute atomic E-state index is 0.542. The van der Waals surface area contributed by atoms with Crippen LogP contribution >= 0.6 is 0 Å². The standard InChI is InChI=1S/C80H54N8/c1-7-25-55(26-8-1)83(56-27-9-2-10-28-56)61-44-48-77-68(51-61)66-38-20-23-41-74(66)87(77)64-43-47-72-71(54-64)79(88-75-42-24-21-39-67(75)70-52-62(45-50-78(70)88)84(57-29-11-3-12-30-57)58-31-13-4-14-32-58)82-80(81-72)85(59-33-15-5-16-34-59)63-46-49-76-69(53-63)65-37-19-22-40-73(65)86(76)60-35-17-6-18-36-60/h1-54H. The molecule has 0 saturated heterocycles. The summed E-state index contributed by atoms with van der Waals surface area (Å²) in [5.74, 6) is 1.30. The molecule has 0 unspecified atom stereocenters. The van der Waals surface area contributed by atoms with Gasteiger partial charge in [-0.1, -0.05) is 164 Å². The van der Waals surface area contributed by atoms with Crippen molar-refractivity contribution in [2.75, 3.05) is 14.7 Å². The Labute approximate surface area is 508 Å². The molecule has 0 aliphatic rings. The molecule has 17 rings (SSSR count). The van der Waals surface area contributed by atoms with E-state index in [1.165, 1.54) is 0 Å². The number of anilines is 9. The van der Waals surface area contributed by atoms with Crippen LogP contribution < -0.4 is 14.7 Å². The summed E-state index contributed by atoms with van der Waals surface area (Å²) < 4.78 is 7.12. The highest BCUT2D eigenvalue weighted by atomic mass is 15.3. The van der Waals surface area contributed by atoms with Gasteiger partial charge in [0.1, 0.15) is 0 Å². The monoisotopic (exact) mass is 1130 g/mol. The minimum atomic E-state index is 0.542. The third-order valence-corrected chi connectivity index (χ3v) is 17.1. The Hall–Kier alpha value is -12.0. The lowest BCUT2D eigenvalue weighted by molar-refractivity contribution is 1.03. The molecule has 8 nitrogen and oxygen atoms in total. The highest BCUT2D eigenvalue weighted by Gasteiger charge is 2.26. The van der Waals surface area contributed by atoms with Gasteiger partial charge in [-0.05, 0) is 164 Å². The maximum absolute atomic E-state index is 5.93. The van der Waals surface area contributed by atoms with Crippen LogP contribution in [0.3, 0.4) is 0 Å². The summed E-state index contributed by atoms with van der Waals surface area (Å²) in [4.78, 5) is 18.5. The number of hydrogen-bond acceptors (Lipinski definition) is 5. The molecule has 17 aromatic rings. The number of benzene rings is 13. The predicted molar refractivity (Wildman–Crippen MR) is 367 cm³/mol. The van der Waals surface area contributed by atoms with E-state index in [1.807, 2.05) is 0 Å². The Balaban J connectivity index is 0.912. The van der Waals surface area contributed by atoms with E-state index in [9.17, 15) is 0 Å². The second-order valence-corrected chi connectivity index (χ2v) is 22.2. The summed E-state index contributed by atoms with van der Waals surface area (Å²) in [5, 5.41) is 7.73. The van der Waals surface area contributed by atoms with Crippen molar-refractivity contribution < 1.29 is 0 Å². The molecule has 0 saturated carbocycles. The van der Waals surface area contributed by atoms with Crippen LogP contribution in [0.5, 0.6) is 0 Å². The minimum Gasteiger partial charge on any atom is -0.310 e. The summed E-state index contributed by atoms with van der Waals surface area (Å²) in [7, 11) is 0. The van der Waals surface area contributed by atoms with Crippen LogP contribution in [-0.4, -0.2) is 23.7 Å². The van der Waals surface area contributed by atoms with Gasteiger partial charge in [0.25, 0.3) is 0 Å². The number of fused-ring (bicyclic) bond motifs is 10. The molecule has 0 atom stereocenters. The van der Waals surface area contributed by atoms with Gasteiger partial charge in [-0.2, -0.15) is 4.98 Å². The topological polar surface area (TPSA) is 50.3 Å². The van der Waals surface area contributed by atoms with E-state index in [0.29, 0.717) is 5.95 Å². The van der Waals surface area contributed by atoms with Crippen LogP contribution in [0, 0.1) is 0 Å². The van der Waals surface area contributed by atoms with E-state index in [1.54, 1.807) is 0 Å². The van der Waals surface area contributed by atoms with Crippen LogP contribution in [-0.2, 0) is 0 Å². The summed E-state index contributed by atoms with van der Waals surface area (Å²) >= 11 is 0. The first-order chi connectivity index (χ1) is 43.7. The zero-order chi connectivity index (χ0) is 58.1. The van der Waals surface area contributed by atoms with Gasteiger partial charge in [0.05, 0.1) is 38.6 Å². The molecule has 0 spiro atoms. The van der Waals surface area contributed by atoms with Crippen molar-refractivity contribution in [3.8, 4) is 17.2 Å². The largest absolute Gasteiger partial charge is 0.310 e. The van der Waals surface area contributed by atoms with Gasteiger partial charge in [-0.15, -0.1) is 0 Å². The number of para-hydroxylation sites is 9. The van der Waals surface area contributed by atoms with E-state index in [2.05, 4.69) is 356 Å². The molecule has 0 fully saturated rings. The molecule has 414 valence electrons. The smallest absolute Gasteiger partial charge is 0.237 e. The molecule has 4 heterocycles. The summed E-state index contributed by atoms with van der Waals surface area (Å²) in [6.45, 7) is 0. The Bertz CT molecular complexity index is 5370. The normalized spacial score (nSPS) is 11.6. The summed E-state index contributed by atoms with van der Waals surface area (Å²) in [5.41, 5.74) is 17.7. The molecule has 0 aliphatic carbocycles. The van der Waals surface area contributed by atoms with Crippen molar-refractivity contribution >= 4 is 128 Å². The van der Waals surface area contributed by atoms with Crippen molar-refractivity contribution in [3.05, 3.63) is 328 Å². The summed E-state index contributed by atoms with van der Waals surface area (Å²) in [6, 6.07) is 117. The first-order valence-corrected chi connectivity index (χ1v) is 29.8. The fourth-order valence-electron chi connectivity index (χ4n) is 13.3. The number of nitrogens with zero attached hydrogens (tertiary/aromatic N) is 8. The van der Waals surface area contributed by atoms with Crippen LogP contribution in [0.1, 0.15) is 0 Å². The van der Waals surface area contributed by atoms with E-state index < -0.39 is 0 Å². The van der Waals surface area contributed by atoms with Gasteiger partial charge in [-0.3, -0.25) is 9.47 Å². The van der Waals surface area contributed by atoms with Crippen LogP contribution in [0.2, 0.25) is 0 Å². The van der Waals surface area contributed by atoms with Crippen LogP contribution in [0.4, 0.5) is 51.4 Å². The fraction of sp³-hybridized carbons (Fsp3) is 0. The molecule has 0 N–H and O–H groups in total. The lowest BCUT2D eigenvalue weighted by Crippen LogP contribution is -2.15. The van der Waals surface area contributed by atoms with Gasteiger partial charge in [0.15, 0.2) is 5.82 Å². The third-order valence-electron chi connectivity index (χ3n) is 17.1. The van der Waals surface area contributed by atoms with E-state index in [0.717, 1.165) is 139 Å². The molecule has 0 bridgehead atoms. The van der Waals surface area contributed by atoms with E-state index in [-0.39, 0.29) is 0 Å². The van der Waals surface area contributed by atoms with E-state index in [4.69, 9.17) is 9.97 Å². The molecule has 13 aromatic carbocycles. The Morgan fingerprint density at radius 1 is 0.205 bits per heavy atom. The average Bonchev–Trinajstić information content (AvgIpc) is 1.80. The molecule has 88 heavy (non-hydrogen) atoms. The number of hydrogen-bond donors (Lipinski definition) is 0. The zero-order valence-electron chi connectivity index (χ0n) is 47.8. The van der Waals surface area contributed by atoms with Crippen LogP contribution in [0.25, 0.3) is 93.5 Å². The van der Waals surface area contributed by atoms with Crippen molar-refractivity contribution in [3.63, 3.8) is 0 Å². The van der Waals surface area contributed by atoms with E-state index >= 15 is 0 Å². The van der Waals surface area contributed by atoms with Crippen molar-refractivity contribution in [2.45, 2.75) is 0 Å². The molecular formula is C80H54N8. The maximum atomic E-state index is 5.93. The number of aromatic nitrogens is 5. The predicted octanol–water partition coefficient (Wildman–Crippen LogP) is 21.3. The second-order valence-electron chi connectivity index (χ2n) is 22.2. The Kier molecular flexibility index (Phi) is 12.0.